The zero-order valence-electron chi connectivity index (χ0n) is 7.11. The van der Waals surface area contributed by atoms with Gasteiger partial charge < -0.3 is 9.57 Å². The Hall–Kier alpha value is -1.32. The van der Waals surface area contributed by atoms with Gasteiger partial charge >= 0.3 is 5.97 Å². The molecule has 12 heavy (non-hydrogen) atoms. The maximum atomic E-state index is 10.7. The Balaban J connectivity index is 2.46. The molecule has 0 saturated carbocycles. The van der Waals surface area contributed by atoms with Gasteiger partial charge in [0.05, 0.1) is 18.7 Å². The largest absolute Gasteiger partial charge is 0.466 e. The predicted octanol–water partition coefficient (Wildman–Crippen LogP) is 0.738. The molecule has 0 aromatic heterocycles. The molecule has 0 aromatic rings. The molecule has 4 heteroatoms. The van der Waals surface area contributed by atoms with Crippen LogP contribution in [0.25, 0.3) is 0 Å². The molecule has 0 spiro atoms. The first-order valence-electron chi connectivity index (χ1n) is 3.66. The van der Waals surface area contributed by atoms with Crippen LogP contribution < -0.4 is 0 Å². The third-order valence-corrected chi connectivity index (χ3v) is 1.67. The number of hydrogen-bond acceptors (Lipinski definition) is 4. The van der Waals surface area contributed by atoms with E-state index in [4.69, 9.17) is 4.84 Å². The van der Waals surface area contributed by atoms with Crippen molar-refractivity contribution in [3.63, 3.8) is 0 Å². The van der Waals surface area contributed by atoms with Crippen LogP contribution >= 0.6 is 0 Å². The van der Waals surface area contributed by atoms with E-state index in [9.17, 15) is 4.79 Å². The lowest BCUT2D eigenvalue weighted by molar-refractivity contribution is -0.134. The smallest absolute Gasteiger partial charge is 0.330 e. The second-order valence-corrected chi connectivity index (χ2v) is 2.52. The standard InChI is InChI=1S/C8H11NO3/c1-6-7(5-12-9-6)3-4-8(10)11-2/h3-4,7H,5H2,1-2H3/b4-3-. The highest BCUT2D eigenvalue weighted by molar-refractivity contribution is 5.88. The lowest BCUT2D eigenvalue weighted by Crippen LogP contribution is -2.07. The molecular formula is C8H11NO3. The van der Waals surface area contributed by atoms with Gasteiger partial charge in [-0.15, -0.1) is 0 Å². The van der Waals surface area contributed by atoms with Crippen LogP contribution in [0.4, 0.5) is 0 Å². The van der Waals surface area contributed by atoms with Crippen molar-refractivity contribution < 1.29 is 14.4 Å². The molecular weight excluding hydrogens is 158 g/mol. The Bertz CT molecular complexity index is 232. The van der Waals surface area contributed by atoms with Crippen LogP contribution in [-0.2, 0) is 14.4 Å². The molecule has 0 aromatic carbocycles. The highest BCUT2D eigenvalue weighted by atomic mass is 16.6. The van der Waals surface area contributed by atoms with E-state index in [2.05, 4.69) is 9.89 Å². The summed E-state index contributed by atoms with van der Waals surface area (Å²) in [5.74, 6) is -0.237. The lowest BCUT2D eigenvalue weighted by Gasteiger charge is -1.98. The molecule has 4 nitrogen and oxygen atoms in total. The van der Waals surface area contributed by atoms with E-state index in [0.29, 0.717) is 6.61 Å². The van der Waals surface area contributed by atoms with Crippen LogP contribution in [0.1, 0.15) is 6.92 Å². The summed E-state index contributed by atoms with van der Waals surface area (Å²) in [7, 11) is 1.35. The number of ether oxygens (including phenoxy) is 1. The van der Waals surface area contributed by atoms with Gasteiger partial charge in [-0.05, 0) is 6.92 Å². The van der Waals surface area contributed by atoms with Gasteiger partial charge in [0.15, 0.2) is 0 Å². The van der Waals surface area contributed by atoms with Crippen molar-refractivity contribution in [1.29, 1.82) is 0 Å². The van der Waals surface area contributed by atoms with Gasteiger partial charge in [0, 0.05) is 6.08 Å². The van der Waals surface area contributed by atoms with Crippen LogP contribution in [0.2, 0.25) is 0 Å². The summed E-state index contributed by atoms with van der Waals surface area (Å²) in [5.41, 5.74) is 0.884. The van der Waals surface area contributed by atoms with E-state index < -0.39 is 0 Å². The summed E-state index contributed by atoms with van der Waals surface area (Å²) >= 11 is 0. The average Bonchev–Trinajstić information content (AvgIpc) is 2.47. The molecule has 0 bridgehead atoms. The molecule has 1 aliphatic rings. The molecule has 0 amide bonds. The summed E-state index contributed by atoms with van der Waals surface area (Å²) in [6.45, 7) is 2.37. The third kappa shape index (κ3) is 2.08. The second kappa shape index (κ2) is 3.90. The summed E-state index contributed by atoms with van der Waals surface area (Å²) in [6.07, 6.45) is 3.12. The topological polar surface area (TPSA) is 47.9 Å². The van der Waals surface area contributed by atoms with Gasteiger partial charge in [-0.1, -0.05) is 11.2 Å². The first kappa shape index (κ1) is 8.77. The maximum absolute atomic E-state index is 10.7. The van der Waals surface area contributed by atoms with Gasteiger partial charge in [0.1, 0.15) is 6.61 Å². The first-order valence-corrected chi connectivity index (χ1v) is 3.66. The van der Waals surface area contributed by atoms with Crippen LogP contribution in [0, 0.1) is 5.92 Å². The van der Waals surface area contributed by atoms with E-state index in [1.165, 1.54) is 13.2 Å². The van der Waals surface area contributed by atoms with Crippen molar-refractivity contribution in [2.45, 2.75) is 6.92 Å². The minimum absolute atomic E-state index is 0.115. The van der Waals surface area contributed by atoms with Crippen molar-refractivity contribution >= 4 is 11.7 Å². The van der Waals surface area contributed by atoms with Crippen molar-refractivity contribution in [1.82, 2.24) is 0 Å². The van der Waals surface area contributed by atoms with Gasteiger partial charge in [0.25, 0.3) is 0 Å². The number of hydrogen-bond donors (Lipinski definition) is 0. The van der Waals surface area contributed by atoms with Crippen LogP contribution in [0.3, 0.4) is 0 Å². The van der Waals surface area contributed by atoms with Gasteiger partial charge in [-0.25, -0.2) is 4.79 Å². The SMILES string of the molecule is COC(=O)/C=C\C1CON=C1C. The zero-order valence-corrected chi connectivity index (χ0v) is 7.11. The summed E-state index contributed by atoms with van der Waals surface area (Å²) < 4.78 is 4.44. The number of carbonyl (C=O) groups is 1. The highest BCUT2D eigenvalue weighted by Crippen LogP contribution is 2.10. The second-order valence-electron chi connectivity index (χ2n) is 2.52. The van der Waals surface area contributed by atoms with E-state index in [1.54, 1.807) is 6.08 Å². The molecule has 1 unspecified atom stereocenters. The number of carbonyl (C=O) groups excluding carboxylic acids is 1. The fraction of sp³-hybridized carbons (Fsp3) is 0.500. The van der Waals surface area contributed by atoms with Crippen molar-refractivity contribution in [3.05, 3.63) is 12.2 Å². The lowest BCUT2D eigenvalue weighted by atomic mass is 10.1. The van der Waals surface area contributed by atoms with E-state index >= 15 is 0 Å². The fourth-order valence-corrected chi connectivity index (χ4v) is 0.865. The molecule has 1 atom stereocenters. The van der Waals surface area contributed by atoms with Gasteiger partial charge in [0.2, 0.25) is 0 Å². The number of nitrogens with zero attached hydrogens (tertiary/aromatic N) is 1. The van der Waals surface area contributed by atoms with Crippen molar-refractivity contribution in [2.24, 2.45) is 11.1 Å². The normalized spacial score (nSPS) is 22.2. The Morgan fingerprint density at radius 2 is 2.58 bits per heavy atom. The molecule has 0 N–H and O–H groups in total. The van der Waals surface area contributed by atoms with Gasteiger partial charge in [-0.3, -0.25) is 0 Å². The molecule has 0 aliphatic carbocycles. The molecule has 0 saturated heterocycles. The summed E-state index contributed by atoms with van der Waals surface area (Å²) in [5, 5.41) is 3.73. The number of oxime groups is 1. The number of esters is 1. The van der Waals surface area contributed by atoms with Crippen molar-refractivity contribution in [3.8, 4) is 0 Å². The minimum Gasteiger partial charge on any atom is -0.466 e. The molecule has 1 aliphatic heterocycles. The Morgan fingerprint density at radius 1 is 1.83 bits per heavy atom. The Kier molecular flexibility index (Phi) is 2.85. The Morgan fingerprint density at radius 3 is 3.08 bits per heavy atom. The summed E-state index contributed by atoms with van der Waals surface area (Å²) in [6, 6.07) is 0. The number of methoxy groups -OCH3 is 1. The molecule has 66 valence electrons. The molecule has 1 heterocycles. The first-order chi connectivity index (χ1) is 5.74. The van der Waals surface area contributed by atoms with E-state index in [-0.39, 0.29) is 11.9 Å². The zero-order chi connectivity index (χ0) is 8.97. The van der Waals surface area contributed by atoms with Crippen molar-refractivity contribution in [2.75, 3.05) is 13.7 Å². The molecule has 1 rings (SSSR count). The molecule has 0 radical (unpaired) electrons. The Labute approximate surface area is 70.8 Å². The highest BCUT2D eigenvalue weighted by Gasteiger charge is 2.16. The summed E-state index contributed by atoms with van der Waals surface area (Å²) in [4.78, 5) is 15.5. The quantitative estimate of drug-likeness (QED) is 0.452. The fourth-order valence-electron chi connectivity index (χ4n) is 0.865. The van der Waals surface area contributed by atoms with E-state index in [0.717, 1.165) is 5.71 Å². The minimum atomic E-state index is -0.352. The maximum Gasteiger partial charge on any atom is 0.330 e. The van der Waals surface area contributed by atoms with Crippen LogP contribution in [-0.4, -0.2) is 25.4 Å². The monoisotopic (exact) mass is 169 g/mol. The predicted molar refractivity (Wildman–Crippen MR) is 43.7 cm³/mol. The van der Waals surface area contributed by atoms with E-state index in [1.807, 2.05) is 6.92 Å². The van der Waals surface area contributed by atoms with Crippen LogP contribution in [0.15, 0.2) is 17.3 Å². The number of rotatable bonds is 2. The third-order valence-electron chi connectivity index (χ3n) is 1.67. The average molecular weight is 169 g/mol. The molecule has 0 fully saturated rings. The van der Waals surface area contributed by atoms with Crippen LogP contribution in [0.5, 0.6) is 0 Å². The van der Waals surface area contributed by atoms with Gasteiger partial charge in [-0.2, -0.15) is 0 Å².